The highest BCUT2D eigenvalue weighted by molar-refractivity contribution is 5.93. The minimum absolute atomic E-state index is 0.111. The summed E-state index contributed by atoms with van der Waals surface area (Å²) in [5.74, 6) is 1.94. The number of anilines is 2. The van der Waals surface area contributed by atoms with Crippen molar-refractivity contribution in [1.29, 1.82) is 0 Å². The molecule has 0 aliphatic carbocycles. The second-order valence-corrected chi connectivity index (χ2v) is 7.03. The lowest BCUT2D eigenvalue weighted by Gasteiger charge is -2.35. The van der Waals surface area contributed by atoms with E-state index in [0.717, 1.165) is 57.4 Å². The zero-order valence-electron chi connectivity index (χ0n) is 16.0. The number of hydrogen-bond donors (Lipinski definition) is 1. The Morgan fingerprint density at radius 2 is 1.93 bits per heavy atom. The number of ether oxygens (including phenoxy) is 1. The Hall–Kier alpha value is -2.81. The van der Waals surface area contributed by atoms with Crippen LogP contribution in [0, 0.1) is 6.92 Å². The highest BCUT2D eigenvalue weighted by atomic mass is 16.5. The van der Waals surface area contributed by atoms with Crippen LogP contribution in [0.5, 0.6) is 0 Å². The summed E-state index contributed by atoms with van der Waals surface area (Å²) in [5.41, 5.74) is 0.398. The maximum Gasteiger partial charge on any atom is 0.270 e. The van der Waals surface area contributed by atoms with E-state index in [-0.39, 0.29) is 12.0 Å². The summed E-state index contributed by atoms with van der Waals surface area (Å²) in [6, 6.07) is 3.58. The van der Waals surface area contributed by atoms with Gasteiger partial charge in [0.15, 0.2) is 0 Å². The summed E-state index contributed by atoms with van der Waals surface area (Å²) in [6.07, 6.45) is 5.66. The number of nitrogens with one attached hydrogen (secondary N) is 1. The van der Waals surface area contributed by atoms with Gasteiger partial charge in [-0.15, -0.1) is 0 Å². The Balaban J connectivity index is 1.39. The quantitative estimate of drug-likeness (QED) is 0.810. The number of hydrogen-bond acceptors (Lipinski definition) is 8. The molecule has 1 amide bonds. The van der Waals surface area contributed by atoms with Gasteiger partial charge in [0.05, 0.1) is 6.10 Å². The summed E-state index contributed by atoms with van der Waals surface area (Å²) in [7, 11) is 0. The van der Waals surface area contributed by atoms with Crippen LogP contribution < -0.4 is 15.1 Å². The molecule has 148 valence electrons. The molecule has 9 heteroatoms. The van der Waals surface area contributed by atoms with Crippen LogP contribution in [0.1, 0.15) is 29.2 Å². The summed E-state index contributed by atoms with van der Waals surface area (Å²) in [5, 5.41) is 2.93. The normalized spacial score (nSPS) is 19.7. The van der Waals surface area contributed by atoms with Crippen LogP contribution in [0.15, 0.2) is 24.5 Å². The van der Waals surface area contributed by atoms with Gasteiger partial charge in [-0.25, -0.2) is 19.9 Å². The fraction of sp³-hybridized carbons (Fsp3) is 0.526. The number of nitrogens with zero attached hydrogens (tertiary/aromatic N) is 6. The second kappa shape index (κ2) is 8.47. The van der Waals surface area contributed by atoms with Gasteiger partial charge in [-0.1, -0.05) is 0 Å². The van der Waals surface area contributed by atoms with Gasteiger partial charge in [-0.3, -0.25) is 4.79 Å². The third kappa shape index (κ3) is 4.36. The SMILES string of the molecule is Cc1nc(C(=O)NCC2CCCO2)cc(N2CCN(c3ncccn3)CC2)n1. The first-order valence-electron chi connectivity index (χ1n) is 9.71. The Bertz CT molecular complexity index is 803. The summed E-state index contributed by atoms with van der Waals surface area (Å²) in [4.78, 5) is 34.3. The molecule has 2 aliphatic heterocycles. The summed E-state index contributed by atoms with van der Waals surface area (Å²) >= 11 is 0. The average Bonchev–Trinajstić information content (AvgIpc) is 3.26. The van der Waals surface area contributed by atoms with Crippen molar-refractivity contribution in [2.75, 3.05) is 49.1 Å². The van der Waals surface area contributed by atoms with Crippen LogP contribution in [0.4, 0.5) is 11.8 Å². The number of carbonyl (C=O) groups is 1. The molecule has 28 heavy (non-hydrogen) atoms. The second-order valence-electron chi connectivity index (χ2n) is 7.03. The number of amides is 1. The van der Waals surface area contributed by atoms with Gasteiger partial charge < -0.3 is 19.9 Å². The van der Waals surface area contributed by atoms with E-state index in [1.54, 1.807) is 18.5 Å². The van der Waals surface area contributed by atoms with E-state index in [1.807, 2.05) is 13.0 Å². The van der Waals surface area contributed by atoms with Crippen molar-refractivity contribution in [2.24, 2.45) is 0 Å². The van der Waals surface area contributed by atoms with Crippen molar-refractivity contribution in [3.63, 3.8) is 0 Å². The average molecular weight is 383 g/mol. The number of aromatic nitrogens is 4. The molecule has 1 unspecified atom stereocenters. The standard InChI is InChI=1S/C19H25N7O2/c1-14-23-16(18(27)22-13-15-4-2-11-28-15)12-17(24-14)25-7-9-26(10-8-25)19-20-5-3-6-21-19/h3,5-6,12,15H,2,4,7-11,13H2,1H3,(H,22,27). The molecule has 2 saturated heterocycles. The first kappa shape index (κ1) is 18.5. The van der Waals surface area contributed by atoms with Gasteiger partial charge in [0.25, 0.3) is 5.91 Å². The van der Waals surface area contributed by atoms with E-state index in [0.29, 0.717) is 18.1 Å². The highest BCUT2D eigenvalue weighted by Crippen LogP contribution is 2.17. The molecule has 0 saturated carbocycles. The number of piperazine rings is 1. The van der Waals surface area contributed by atoms with E-state index in [2.05, 4.69) is 35.1 Å². The molecule has 0 radical (unpaired) electrons. The van der Waals surface area contributed by atoms with Gasteiger partial charge in [0.2, 0.25) is 5.95 Å². The number of carbonyl (C=O) groups excluding carboxylic acids is 1. The maximum absolute atomic E-state index is 12.5. The first-order valence-corrected chi connectivity index (χ1v) is 9.71. The van der Waals surface area contributed by atoms with Gasteiger partial charge in [-0.05, 0) is 25.8 Å². The van der Waals surface area contributed by atoms with Gasteiger partial charge >= 0.3 is 0 Å². The van der Waals surface area contributed by atoms with Crippen molar-refractivity contribution in [2.45, 2.75) is 25.9 Å². The minimum atomic E-state index is -0.182. The predicted octanol–water partition coefficient (Wildman–Crippen LogP) is 0.810. The maximum atomic E-state index is 12.5. The Morgan fingerprint density at radius 3 is 2.64 bits per heavy atom. The van der Waals surface area contributed by atoms with E-state index in [9.17, 15) is 4.79 Å². The van der Waals surface area contributed by atoms with Crippen LogP contribution in [-0.2, 0) is 4.74 Å². The van der Waals surface area contributed by atoms with E-state index in [1.165, 1.54) is 0 Å². The molecule has 2 aliphatic rings. The third-order valence-electron chi connectivity index (χ3n) is 5.01. The first-order chi connectivity index (χ1) is 13.7. The zero-order chi connectivity index (χ0) is 19.3. The molecule has 2 fully saturated rings. The lowest BCUT2D eigenvalue weighted by molar-refractivity contribution is 0.0853. The Labute approximate surface area is 164 Å². The highest BCUT2D eigenvalue weighted by Gasteiger charge is 2.22. The molecule has 0 spiro atoms. The minimum Gasteiger partial charge on any atom is -0.376 e. The van der Waals surface area contributed by atoms with Crippen LogP contribution in [-0.4, -0.2) is 71.3 Å². The Morgan fingerprint density at radius 1 is 1.18 bits per heavy atom. The van der Waals surface area contributed by atoms with Crippen LogP contribution >= 0.6 is 0 Å². The third-order valence-corrected chi connectivity index (χ3v) is 5.01. The van der Waals surface area contributed by atoms with Gasteiger partial charge in [0.1, 0.15) is 17.3 Å². The molecule has 0 aromatic carbocycles. The zero-order valence-corrected chi connectivity index (χ0v) is 16.0. The number of rotatable bonds is 5. The summed E-state index contributed by atoms with van der Waals surface area (Å²) < 4.78 is 5.56. The van der Waals surface area contributed by atoms with E-state index in [4.69, 9.17) is 4.74 Å². The smallest absolute Gasteiger partial charge is 0.270 e. The lowest BCUT2D eigenvalue weighted by Crippen LogP contribution is -2.47. The lowest BCUT2D eigenvalue weighted by atomic mass is 10.2. The van der Waals surface area contributed by atoms with Crippen LogP contribution in [0.25, 0.3) is 0 Å². The fourth-order valence-corrected chi connectivity index (χ4v) is 3.52. The van der Waals surface area contributed by atoms with Crippen molar-refractivity contribution < 1.29 is 9.53 Å². The van der Waals surface area contributed by atoms with Gasteiger partial charge in [0, 0.05) is 57.8 Å². The van der Waals surface area contributed by atoms with Crippen LogP contribution in [0.2, 0.25) is 0 Å². The topological polar surface area (TPSA) is 96.4 Å². The van der Waals surface area contributed by atoms with E-state index >= 15 is 0 Å². The largest absolute Gasteiger partial charge is 0.376 e. The predicted molar refractivity (Wildman–Crippen MR) is 105 cm³/mol. The van der Waals surface area contributed by atoms with Crippen molar-refractivity contribution >= 4 is 17.7 Å². The molecule has 1 N–H and O–H groups in total. The van der Waals surface area contributed by atoms with E-state index < -0.39 is 0 Å². The van der Waals surface area contributed by atoms with Crippen molar-refractivity contribution in [3.8, 4) is 0 Å². The molecule has 1 atom stereocenters. The molecule has 2 aromatic heterocycles. The van der Waals surface area contributed by atoms with Gasteiger partial charge in [-0.2, -0.15) is 0 Å². The monoisotopic (exact) mass is 383 g/mol. The fourth-order valence-electron chi connectivity index (χ4n) is 3.52. The van der Waals surface area contributed by atoms with Crippen molar-refractivity contribution in [3.05, 3.63) is 36.0 Å². The molecule has 4 rings (SSSR count). The molecule has 0 bridgehead atoms. The summed E-state index contributed by atoms with van der Waals surface area (Å²) in [6.45, 7) is 6.28. The molecule has 4 heterocycles. The van der Waals surface area contributed by atoms with Crippen molar-refractivity contribution in [1.82, 2.24) is 25.3 Å². The Kier molecular flexibility index (Phi) is 5.61. The molecule has 2 aromatic rings. The van der Waals surface area contributed by atoms with Crippen LogP contribution in [0.3, 0.4) is 0 Å². The molecular weight excluding hydrogens is 358 g/mol. The number of aryl methyl sites for hydroxylation is 1. The molecule has 9 nitrogen and oxygen atoms in total. The molecular formula is C19H25N7O2.